The van der Waals surface area contributed by atoms with Crippen LogP contribution in [0.15, 0.2) is 18.2 Å². The van der Waals surface area contributed by atoms with Crippen LogP contribution in [-0.2, 0) is 4.79 Å². The summed E-state index contributed by atoms with van der Waals surface area (Å²) in [4.78, 5) is 34.5. The fourth-order valence-electron chi connectivity index (χ4n) is 2.36. The molecule has 1 aliphatic heterocycles. The molecule has 7 nitrogen and oxygen atoms in total. The van der Waals surface area contributed by atoms with E-state index in [4.69, 9.17) is 5.11 Å². The molecule has 1 N–H and O–H groups in total. The fourth-order valence-corrected chi connectivity index (χ4v) is 2.36. The lowest BCUT2D eigenvalue weighted by molar-refractivity contribution is -0.385. The van der Waals surface area contributed by atoms with E-state index >= 15 is 0 Å². The minimum Gasteiger partial charge on any atom is -0.479 e. The van der Waals surface area contributed by atoms with Gasteiger partial charge in [-0.15, -0.1) is 0 Å². The van der Waals surface area contributed by atoms with Gasteiger partial charge in [-0.1, -0.05) is 12.1 Å². The predicted octanol–water partition coefficient (Wildman–Crippen LogP) is 1.54. The zero-order chi connectivity index (χ0) is 15.8. The Kier molecular flexibility index (Phi) is 3.63. The number of amides is 1. The van der Waals surface area contributed by atoms with Crippen LogP contribution in [0.4, 0.5) is 10.1 Å². The first-order valence-electron chi connectivity index (χ1n) is 6.22. The van der Waals surface area contributed by atoms with Crippen molar-refractivity contribution < 1.29 is 24.0 Å². The average Bonchev–Trinajstić information content (AvgIpc) is 2.82. The van der Waals surface area contributed by atoms with Crippen molar-refractivity contribution in [2.24, 2.45) is 0 Å². The number of nitro groups is 1. The van der Waals surface area contributed by atoms with Gasteiger partial charge in [0.25, 0.3) is 11.6 Å². The Bertz CT molecular complexity index is 633. The van der Waals surface area contributed by atoms with Crippen molar-refractivity contribution in [3.05, 3.63) is 39.4 Å². The molecule has 2 rings (SSSR count). The Labute approximate surface area is 119 Å². The molecule has 1 aromatic carbocycles. The summed E-state index contributed by atoms with van der Waals surface area (Å²) in [6, 6.07) is 4.18. The van der Waals surface area contributed by atoms with Crippen LogP contribution in [0.2, 0.25) is 0 Å². The largest absolute Gasteiger partial charge is 0.479 e. The Balaban J connectivity index is 2.35. The summed E-state index contributed by atoms with van der Waals surface area (Å²) in [5, 5.41) is 19.8. The number of nitro benzene ring substituents is 1. The van der Waals surface area contributed by atoms with Gasteiger partial charge in [0.2, 0.25) is 5.67 Å². The molecule has 0 saturated carbocycles. The van der Waals surface area contributed by atoms with Crippen LogP contribution in [0.1, 0.15) is 22.3 Å². The van der Waals surface area contributed by atoms with Crippen molar-refractivity contribution in [1.82, 2.24) is 4.90 Å². The molecule has 0 radical (unpaired) electrons. The number of benzene rings is 1. The zero-order valence-corrected chi connectivity index (χ0v) is 11.2. The molecule has 1 amide bonds. The third-order valence-corrected chi connectivity index (χ3v) is 3.55. The number of likely N-dealkylation sites (tertiary alicyclic amines) is 1. The molecule has 1 aromatic rings. The number of rotatable bonds is 3. The first-order chi connectivity index (χ1) is 9.76. The normalized spacial score (nSPS) is 21.3. The molecule has 1 heterocycles. The second-order valence-corrected chi connectivity index (χ2v) is 4.97. The number of aryl methyl sites for hydroxylation is 1. The number of alkyl halides is 1. The lowest BCUT2D eigenvalue weighted by Crippen LogP contribution is -2.39. The summed E-state index contributed by atoms with van der Waals surface area (Å²) in [7, 11) is 0. The molecule has 1 fully saturated rings. The van der Waals surface area contributed by atoms with Gasteiger partial charge in [-0.2, -0.15) is 0 Å². The maximum atomic E-state index is 14.0. The van der Waals surface area contributed by atoms with Crippen molar-refractivity contribution in [2.45, 2.75) is 19.0 Å². The number of carboxylic acid groups (broad SMARTS) is 1. The van der Waals surface area contributed by atoms with Crippen LogP contribution < -0.4 is 0 Å². The molecular formula is C13H13FN2O5. The molecule has 1 saturated heterocycles. The summed E-state index contributed by atoms with van der Waals surface area (Å²) in [6.45, 7) is 0.843. The van der Waals surface area contributed by atoms with Gasteiger partial charge in [-0.3, -0.25) is 14.9 Å². The molecule has 21 heavy (non-hydrogen) atoms. The number of carboxylic acids is 1. The van der Waals surface area contributed by atoms with Gasteiger partial charge in [-0.05, 0) is 12.5 Å². The lowest BCUT2D eigenvalue weighted by Gasteiger charge is -2.18. The SMILES string of the molecule is Cc1cccc([N+](=O)[O-])c1C(=O)N1CCC(F)(C(=O)O)C1. The van der Waals surface area contributed by atoms with Crippen molar-refractivity contribution in [1.29, 1.82) is 0 Å². The summed E-state index contributed by atoms with van der Waals surface area (Å²) in [6.07, 6.45) is -0.326. The lowest BCUT2D eigenvalue weighted by atomic mass is 10.0. The van der Waals surface area contributed by atoms with Crippen molar-refractivity contribution >= 4 is 17.6 Å². The van der Waals surface area contributed by atoms with Gasteiger partial charge in [0, 0.05) is 19.0 Å². The number of aliphatic carboxylic acids is 1. The van der Waals surface area contributed by atoms with Crippen molar-refractivity contribution in [3.63, 3.8) is 0 Å². The summed E-state index contributed by atoms with van der Waals surface area (Å²) in [5.74, 6) is -2.35. The van der Waals surface area contributed by atoms with Gasteiger partial charge >= 0.3 is 5.97 Å². The Morgan fingerprint density at radius 1 is 1.48 bits per heavy atom. The molecule has 0 spiro atoms. The highest BCUT2D eigenvalue weighted by Gasteiger charge is 2.47. The fraction of sp³-hybridized carbons (Fsp3) is 0.385. The van der Waals surface area contributed by atoms with E-state index in [1.165, 1.54) is 25.1 Å². The van der Waals surface area contributed by atoms with E-state index in [0.717, 1.165) is 4.90 Å². The van der Waals surface area contributed by atoms with Gasteiger partial charge < -0.3 is 10.0 Å². The van der Waals surface area contributed by atoms with Crippen LogP contribution in [0.5, 0.6) is 0 Å². The van der Waals surface area contributed by atoms with Crippen molar-refractivity contribution in [3.8, 4) is 0 Å². The Morgan fingerprint density at radius 3 is 2.67 bits per heavy atom. The van der Waals surface area contributed by atoms with E-state index < -0.39 is 29.0 Å². The third kappa shape index (κ3) is 2.56. The third-order valence-electron chi connectivity index (χ3n) is 3.55. The van der Waals surface area contributed by atoms with Crippen LogP contribution in [0.3, 0.4) is 0 Å². The summed E-state index contributed by atoms with van der Waals surface area (Å²) >= 11 is 0. The molecule has 1 unspecified atom stereocenters. The minimum atomic E-state index is -2.49. The number of hydrogen-bond acceptors (Lipinski definition) is 4. The highest BCUT2D eigenvalue weighted by atomic mass is 19.1. The van der Waals surface area contributed by atoms with Crippen LogP contribution in [0, 0.1) is 17.0 Å². The highest BCUT2D eigenvalue weighted by molar-refractivity contribution is 6.00. The second-order valence-electron chi connectivity index (χ2n) is 4.97. The van der Waals surface area contributed by atoms with E-state index in [2.05, 4.69) is 0 Å². The molecular weight excluding hydrogens is 283 g/mol. The quantitative estimate of drug-likeness (QED) is 0.673. The molecule has 0 bridgehead atoms. The topological polar surface area (TPSA) is 101 Å². The number of carbonyl (C=O) groups excluding carboxylic acids is 1. The minimum absolute atomic E-state index is 0.0902. The number of carbonyl (C=O) groups is 2. The molecule has 8 heteroatoms. The Morgan fingerprint density at radius 2 is 2.14 bits per heavy atom. The Hall–Kier alpha value is -2.51. The van der Waals surface area contributed by atoms with E-state index in [0.29, 0.717) is 5.56 Å². The number of nitrogens with zero attached hydrogens (tertiary/aromatic N) is 2. The zero-order valence-electron chi connectivity index (χ0n) is 11.2. The van der Waals surface area contributed by atoms with Gasteiger partial charge in [0.05, 0.1) is 11.5 Å². The average molecular weight is 296 g/mol. The molecule has 0 aromatic heterocycles. The number of hydrogen-bond donors (Lipinski definition) is 1. The van der Waals surface area contributed by atoms with Crippen LogP contribution >= 0.6 is 0 Å². The molecule has 1 aliphatic rings. The standard InChI is InChI=1S/C13H13FN2O5/c1-8-3-2-4-9(16(20)21)10(8)11(17)15-6-5-13(14,7-15)12(18)19/h2-4H,5-7H2,1H3,(H,18,19). The van der Waals surface area contributed by atoms with E-state index in [9.17, 15) is 24.1 Å². The smallest absolute Gasteiger partial charge is 0.343 e. The van der Waals surface area contributed by atoms with Gasteiger partial charge in [0.1, 0.15) is 5.56 Å². The van der Waals surface area contributed by atoms with Crippen molar-refractivity contribution in [2.75, 3.05) is 13.1 Å². The van der Waals surface area contributed by atoms with Gasteiger partial charge in [0.15, 0.2) is 0 Å². The second kappa shape index (κ2) is 5.12. The maximum Gasteiger partial charge on any atom is 0.343 e. The van der Waals surface area contributed by atoms with E-state index in [-0.39, 0.29) is 24.2 Å². The summed E-state index contributed by atoms with van der Waals surface area (Å²) in [5.41, 5.74) is -2.60. The first-order valence-corrected chi connectivity index (χ1v) is 6.22. The van der Waals surface area contributed by atoms with E-state index in [1.807, 2.05) is 0 Å². The maximum absolute atomic E-state index is 14.0. The molecule has 1 atom stereocenters. The summed E-state index contributed by atoms with van der Waals surface area (Å²) < 4.78 is 14.0. The monoisotopic (exact) mass is 296 g/mol. The molecule has 112 valence electrons. The van der Waals surface area contributed by atoms with Crippen LogP contribution in [-0.4, -0.2) is 45.6 Å². The number of halogens is 1. The predicted molar refractivity (Wildman–Crippen MR) is 69.8 cm³/mol. The van der Waals surface area contributed by atoms with Gasteiger partial charge in [-0.25, -0.2) is 9.18 Å². The van der Waals surface area contributed by atoms with Crippen LogP contribution in [0.25, 0.3) is 0 Å². The highest BCUT2D eigenvalue weighted by Crippen LogP contribution is 2.30. The molecule has 0 aliphatic carbocycles. The van der Waals surface area contributed by atoms with E-state index in [1.54, 1.807) is 0 Å². The first kappa shape index (κ1) is 14.9.